The summed E-state index contributed by atoms with van der Waals surface area (Å²) >= 11 is 0. The number of ketones is 1. The number of rotatable bonds is 2. The van der Waals surface area contributed by atoms with E-state index in [0.717, 1.165) is 22.6 Å². The van der Waals surface area contributed by atoms with E-state index in [0.29, 0.717) is 18.4 Å². The van der Waals surface area contributed by atoms with E-state index >= 15 is 0 Å². The Hall–Kier alpha value is -3.73. The Morgan fingerprint density at radius 1 is 0.971 bits per heavy atom. The van der Waals surface area contributed by atoms with Crippen molar-refractivity contribution in [3.63, 3.8) is 0 Å². The molecule has 2 atom stereocenters. The number of carbonyl (C=O) groups is 2. The van der Waals surface area contributed by atoms with Crippen LogP contribution in [0.3, 0.4) is 0 Å². The lowest BCUT2D eigenvalue weighted by Gasteiger charge is -2.34. The van der Waals surface area contributed by atoms with Crippen LogP contribution in [-0.2, 0) is 15.0 Å². The topological polar surface area (TPSA) is 62.3 Å². The van der Waals surface area contributed by atoms with E-state index in [1.165, 1.54) is 11.1 Å². The van der Waals surface area contributed by atoms with E-state index < -0.39 is 6.04 Å². The molecule has 5 rings (SSSR count). The van der Waals surface area contributed by atoms with Gasteiger partial charge in [-0.2, -0.15) is 0 Å². The van der Waals surface area contributed by atoms with Gasteiger partial charge in [0.15, 0.2) is 5.78 Å². The molecule has 0 spiro atoms. The number of hydrogen-bond donors (Lipinski definition) is 1. The van der Waals surface area contributed by atoms with Gasteiger partial charge in [-0.25, -0.2) is 0 Å². The highest BCUT2D eigenvalue weighted by Gasteiger charge is 2.40. The number of Topliss-reactive ketones (excluding diaryl/α,β-unsaturated/α-hetero) is 1. The molecule has 0 radical (unpaired) electrons. The van der Waals surface area contributed by atoms with Gasteiger partial charge in [0, 0.05) is 37.0 Å². The highest BCUT2D eigenvalue weighted by atomic mass is 16.2. The largest absolute Gasteiger partial charge is 0.357 e. The number of amides is 1. The fourth-order valence-corrected chi connectivity index (χ4v) is 5.28. The number of carbonyl (C=O) groups excluding carboxylic acids is 2. The Balaban J connectivity index is 1.62. The predicted molar refractivity (Wildman–Crippen MR) is 139 cm³/mol. The van der Waals surface area contributed by atoms with Crippen LogP contribution in [0, 0.1) is 0 Å². The molecule has 3 aromatic rings. The van der Waals surface area contributed by atoms with Crippen molar-refractivity contribution in [2.75, 3.05) is 10.2 Å². The summed E-state index contributed by atoms with van der Waals surface area (Å²) in [5.74, 6) is 0.0273. The van der Waals surface area contributed by atoms with Crippen molar-refractivity contribution in [2.45, 2.75) is 57.9 Å². The van der Waals surface area contributed by atoms with Crippen molar-refractivity contribution in [3.05, 3.63) is 101 Å². The van der Waals surface area contributed by atoms with Gasteiger partial charge in [-0.1, -0.05) is 63.2 Å². The summed E-state index contributed by atoms with van der Waals surface area (Å²) in [6.07, 6.45) is 4.57. The number of aromatic nitrogens is 1. The third-order valence-electron chi connectivity index (χ3n) is 7.08. The zero-order valence-corrected chi connectivity index (χ0v) is 20.7. The van der Waals surface area contributed by atoms with Gasteiger partial charge in [0.25, 0.3) is 0 Å². The van der Waals surface area contributed by atoms with Crippen LogP contribution in [0.15, 0.2) is 84.3 Å². The van der Waals surface area contributed by atoms with Crippen LogP contribution in [0.2, 0.25) is 0 Å². The van der Waals surface area contributed by atoms with Gasteiger partial charge in [0.1, 0.15) is 0 Å². The lowest BCUT2D eigenvalue weighted by molar-refractivity contribution is -0.117. The second kappa shape index (κ2) is 8.81. The Kier molecular flexibility index (Phi) is 5.79. The predicted octanol–water partition coefficient (Wildman–Crippen LogP) is 6.30. The molecule has 1 amide bonds. The summed E-state index contributed by atoms with van der Waals surface area (Å²) in [5, 5.41) is 3.56. The van der Waals surface area contributed by atoms with Crippen molar-refractivity contribution >= 4 is 23.1 Å². The first-order chi connectivity index (χ1) is 16.7. The first kappa shape index (κ1) is 23.0. The maximum Gasteiger partial charge on any atom is 0.224 e. The Morgan fingerprint density at radius 3 is 2.37 bits per heavy atom. The molecule has 2 aliphatic rings. The monoisotopic (exact) mass is 465 g/mol. The Bertz CT molecular complexity index is 1300. The van der Waals surface area contributed by atoms with Crippen LogP contribution in [0.4, 0.5) is 11.4 Å². The molecule has 0 saturated carbocycles. The molecule has 178 valence electrons. The van der Waals surface area contributed by atoms with Crippen LogP contribution < -0.4 is 10.2 Å². The third-order valence-corrected chi connectivity index (χ3v) is 7.08. The highest BCUT2D eigenvalue weighted by molar-refractivity contribution is 6.05. The molecule has 1 aromatic heterocycles. The second-order valence-electron chi connectivity index (χ2n) is 10.5. The van der Waals surface area contributed by atoms with Crippen molar-refractivity contribution in [1.29, 1.82) is 0 Å². The lowest BCUT2D eigenvalue weighted by Crippen LogP contribution is -2.37. The normalized spacial score (nSPS) is 20.0. The third kappa shape index (κ3) is 4.27. The minimum Gasteiger partial charge on any atom is -0.357 e. The second-order valence-corrected chi connectivity index (χ2v) is 10.5. The minimum absolute atomic E-state index is 0.0663. The molecule has 5 nitrogen and oxygen atoms in total. The number of para-hydroxylation sites is 2. The van der Waals surface area contributed by atoms with Crippen molar-refractivity contribution in [2.24, 2.45) is 0 Å². The molecule has 5 heteroatoms. The maximum atomic E-state index is 13.8. The number of fused-ring (bicyclic) bond motifs is 1. The van der Waals surface area contributed by atoms with Crippen LogP contribution >= 0.6 is 0 Å². The fraction of sp³-hybridized carbons (Fsp3) is 0.300. The fourth-order valence-electron chi connectivity index (χ4n) is 5.28. The Labute approximate surface area is 206 Å². The van der Waals surface area contributed by atoms with Crippen LogP contribution in [0.1, 0.15) is 69.2 Å². The first-order valence-corrected chi connectivity index (χ1v) is 12.2. The molecular weight excluding hydrogens is 434 g/mol. The quantitative estimate of drug-likeness (QED) is 0.482. The van der Waals surface area contributed by atoms with Gasteiger partial charge in [0.2, 0.25) is 5.91 Å². The first-order valence-electron chi connectivity index (χ1n) is 12.2. The average molecular weight is 466 g/mol. The van der Waals surface area contributed by atoms with Gasteiger partial charge >= 0.3 is 0 Å². The van der Waals surface area contributed by atoms with E-state index in [1.807, 2.05) is 36.4 Å². The molecule has 35 heavy (non-hydrogen) atoms. The molecule has 2 aromatic carbocycles. The summed E-state index contributed by atoms with van der Waals surface area (Å²) < 4.78 is 0. The summed E-state index contributed by atoms with van der Waals surface area (Å²) in [7, 11) is 0. The smallest absolute Gasteiger partial charge is 0.224 e. The average Bonchev–Trinajstić information content (AvgIpc) is 2.99. The molecule has 1 aliphatic heterocycles. The Morgan fingerprint density at radius 2 is 1.71 bits per heavy atom. The summed E-state index contributed by atoms with van der Waals surface area (Å²) in [4.78, 5) is 32.9. The van der Waals surface area contributed by atoms with Crippen LogP contribution in [-0.4, -0.2) is 16.7 Å². The molecule has 1 N–H and O–H groups in total. The van der Waals surface area contributed by atoms with Crippen LogP contribution in [0.5, 0.6) is 0 Å². The van der Waals surface area contributed by atoms with Crippen LogP contribution in [0.25, 0.3) is 0 Å². The molecule has 1 aliphatic carbocycles. The van der Waals surface area contributed by atoms with E-state index in [-0.39, 0.29) is 23.0 Å². The number of nitrogens with one attached hydrogen (secondary N) is 1. The van der Waals surface area contributed by atoms with E-state index in [4.69, 9.17) is 0 Å². The minimum atomic E-state index is -0.524. The van der Waals surface area contributed by atoms with Crippen molar-refractivity contribution < 1.29 is 9.59 Å². The number of anilines is 2. The van der Waals surface area contributed by atoms with Gasteiger partial charge in [-0.05, 0) is 52.6 Å². The van der Waals surface area contributed by atoms with Gasteiger partial charge in [-0.15, -0.1) is 0 Å². The molecule has 0 unspecified atom stereocenters. The summed E-state index contributed by atoms with van der Waals surface area (Å²) in [6, 6.07) is 19.7. The van der Waals surface area contributed by atoms with E-state index in [1.54, 1.807) is 24.2 Å². The molecule has 0 saturated heterocycles. The number of benzene rings is 2. The zero-order valence-electron chi connectivity index (χ0n) is 20.7. The van der Waals surface area contributed by atoms with Gasteiger partial charge in [0.05, 0.1) is 17.4 Å². The summed E-state index contributed by atoms with van der Waals surface area (Å²) in [5.41, 5.74) is 6.49. The standard InChI is InChI=1S/C30H31N3O2/c1-19(34)33-26-10-6-5-9-24(26)32-25-16-22(20-11-13-23(14-12-20)30(2,3)4)17-27(35)28(25)29(33)21-8-7-15-31-18-21/h5-15,18,22,29,32H,16-17H2,1-4H3/t22-,29+/m0/s1. The number of nitrogens with zero attached hydrogens (tertiary/aromatic N) is 2. The molecular formula is C30H31N3O2. The van der Waals surface area contributed by atoms with Crippen molar-refractivity contribution in [1.82, 2.24) is 4.98 Å². The number of pyridine rings is 1. The molecule has 0 bridgehead atoms. The highest BCUT2D eigenvalue weighted by Crippen LogP contribution is 2.47. The number of hydrogen-bond acceptors (Lipinski definition) is 4. The molecule has 2 heterocycles. The van der Waals surface area contributed by atoms with Gasteiger partial charge < -0.3 is 5.32 Å². The SMILES string of the molecule is CC(=O)N1c2ccccc2NC2=C(C(=O)C[C@@H](c3ccc(C(C)(C)C)cc3)C2)[C@H]1c1cccnc1. The maximum absolute atomic E-state index is 13.8. The van der Waals surface area contributed by atoms with Crippen molar-refractivity contribution in [3.8, 4) is 0 Å². The van der Waals surface area contributed by atoms with Gasteiger partial charge in [-0.3, -0.25) is 19.5 Å². The van der Waals surface area contributed by atoms with E-state index in [9.17, 15) is 9.59 Å². The summed E-state index contributed by atoms with van der Waals surface area (Å²) in [6.45, 7) is 8.17. The number of allylic oxidation sites excluding steroid dienone is 1. The zero-order chi connectivity index (χ0) is 24.7. The van der Waals surface area contributed by atoms with E-state index in [2.05, 4.69) is 55.3 Å². The lowest BCUT2D eigenvalue weighted by atomic mass is 9.77. The molecule has 0 fully saturated rings.